The molecule has 138 valence electrons. The van der Waals surface area contributed by atoms with Crippen LogP contribution in [0.4, 0.5) is 0 Å². The van der Waals surface area contributed by atoms with E-state index in [1.54, 1.807) is 22.7 Å². The summed E-state index contributed by atoms with van der Waals surface area (Å²) in [6, 6.07) is 9.49. The molecule has 1 saturated heterocycles. The molecular weight excluding hydrogens is 356 g/mol. The van der Waals surface area contributed by atoms with Gasteiger partial charge in [0.1, 0.15) is 5.02 Å². The molecule has 0 radical (unpaired) electrons. The number of carbonyl (C=O) groups is 2. The number of benzene rings is 1. The number of halogens is 1. The molecule has 0 aliphatic carbocycles. The van der Waals surface area contributed by atoms with E-state index in [1.165, 1.54) is 0 Å². The average molecular weight is 377 g/mol. The SMILES string of the molecule is C[C@@H](Oc1nn(-c2ccccc2)cc1Cl)C(=O)N1CCC(C(N)=O)CC1. The lowest BCUT2D eigenvalue weighted by molar-refractivity contribution is -0.140. The molecule has 0 saturated carbocycles. The first-order valence-electron chi connectivity index (χ1n) is 8.51. The zero-order valence-electron chi connectivity index (χ0n) is 14.5. The second-order valence-corrected chi connectivity index (χ2v) is 6.73. The van der Waals surface area contributed by atoms with E-state index in [9.17, 15) is 9.59 Å². The maximum atomic E-state index is 12.6. The van der Waals surface area contributed by atoms with Crippen LogP contribution in [-0.2, 0) is 9.59 Å². The van der Waals surface area contributed by atoms with Crippen molar-refractivity contribution in [2.45, 2.75) is 25.9 Å². The Hall–Kier alpha value is -2.54. The first-order valence-corrected chi connectivity index (χ1v) is 8.89. The molecule has 1 aromatic carbocycles. The van der Waals surface area contributed by atoms with E-state index in [4.69, 9.17) is 22.1 Å². The van der Waals surface area contributed by atoms with E-state index in [1.807, 2.05) is 30.3 Å². The van der Waals surface area contributed by atoms with Crippen molar-refractivity contribution >= 4 is 23.4 Å². The van der Waals surface area contributed by atoms with Gasteiger partial charge in [-0.3, -0.25) is 9.59 Å². The predicted molar refractivity (Wildman–Crippen MR) is 97.2 cm³/mol. The van der Waals surface area contributed by atoms with Crippen LogP contribution in [-0.4, -0.2) is 45.7 Å². The van der Waals surface area contributed by atoms with Crippen molar-refractivity contribution in [2.24, 2.45) is 11.7 Å². The number of carbonyl (C=O) groups excluding carboxylic acids is 2. The van der Waals surface area contributed by atoms with Crippen LogP contribution in [0, 0.1) is 5.92 Å². The number of primary amides is 1. The topological polar surface area (TPSA) is 90.5 Å². The van der Waals surface area contributed by atoms with Gasteiger partial charge in [0.2, 0.25) is 5.91 Å². The number of nitrogens with two attached hydrogens (primary N) is 1. The highest BCUT2D eigenvalue weighted by Gasteiger charge is 2.29. The molecule has 2 amide bonds. The number of para-hydroxylation sites is 1. The van der Waals surface area contributed by atoms with Crippen molar-refractivity contribution in [1.29, 1.82) is 0 Å². The van der Waals surface area contributed by atoms with Crippen molar-refractivity contribution < 1.29 is 14.3 Å². The Labute approximate surface area is 156 Å². The van der Waals surface area contributed by atoms with Crippen LogP contribution in [0.15, 0.2) is 36.5 Å². The van der Waals surface area contributed by atoms with Crippen molar-refractivity contribution in [3.8, 4) is 11.6 Å². The fourth-order valence-corrected chi connectivity index (χ4v) is 3.16. The second kappa shape index (κ2) is 7.78. The summed E-state index contributed by atoms with van der Waals surface area (Å²) in [6.07, 6.45) is 2.08. The number of hydrogen-bond donors (Lipinski definition) is 1. The van der Waals surface area contributed by atoms with Crippen molar-refractivity contribution in [1.82, 2.24) is 14.7 Å². The maximum Gasteiger partial charge on any atom is 0.263 e. The molecule has 1 aromatic heterocycles. The van der Waals surface area contributed by atoms with Crippen molar-refractivity contribution in [2.75, 3.05) is 13.1 Å². The van der Waals surface area contributed by atoms with E-state index in [2.05, 4.69) is 5.10 Å². The monoisotopic (exact) mass is 376 g/mol. The molecule has 2 aromatic rings. The zero-order valence-corrected chi connectivity index (χ0v) is 15.2. The zero-order chi connectivity index (χ0) is 18.7. The van der Waals surface area contributed by atoms with Gasteiger partial charge in [-0.2, -0.15) is 0 Å². The molecule has 1 aliphatic heterocycles. The quantitative estimate of drug-likeness (QED) is 0.864. The minimum Gasteiger partial charge on any atom is -0.462 e. The molecule has 0 bridgehead atoms. The van der Waals surface area contributed by atoms with Crippen molar-refractivity contribution in [3.05, 3.63) is 41.6 Å². The van der Waals surface area contributed by atoms with Gasteiger partial charge in [0.05, 0.1) is 11.9 Å². The smallest absolute Gasteiger partial charge is 0.263 e. The van der Waals surface area contributed by atoms with E-state index in [0.717, 1.165) is 5.69 Å². The molecule has 26 heavy (non-hydrogen) atoms. The number of piperidine rings is 1. The number of rotatable bonds is 5. The van der Waals surface area contributed by atoms with E-state index >= 15 is 0 Å². The first kappa shape index (κ1) is 18.3. The number of hydrogen-bond acceptors (Lipinski definition) is 4. The summed E-state index contributed by atoms with van der Waals surface area (Å²) in [4.78, 5) is 25.5. The van der Waals surface area contributed by atoms with Gasteiger partial charge in [-0.15, -0.1) is 5.10 Å². The first-order chi connectivity index (χ1) is 12.5. The van der Waals surface area contributed by atoms with Gasteiger partial charge < -0.3 is 15.4 Å². The number of amides is 2. The van der Waals surface area contributed by atoms with Gasteiger partial charge >= 0.3 is 0 Å². The molecule has 7 nitrogen and oxygen atoms in total. The van der Waals surface area contributed by atoms with Crippen LogP contribution in [0.25, 0.3) is 5.69 Å². The summed E-state index contributed by atoms with van der Waals surface area (Å²) in [5, 5.41) is 4.65. The van der Waals surface area contributed by atoms with Crippen LogP contribution in [0.1, 0.15) is 19.8 Å². The highest BCUT2D eigenvalue weighted by atomic mass is 35.5. The van der Waals surface area contributed by atoms with E-state index in [0.29, 0.717) is 31.0 Å². The summed E-state index contributed by atoms with van der Waals surface area (Å²) < 4.78 is 7.29. The third-order valence-corrected chi connectivity index (χ3v) is 4.76. The highest BCUT2D eigenvalue weighted by Crippen LogP contribution is 2.26. The molecule has 1 atom stereocenters. The van der Waals surface area contributed by atoms with Gasteiger partial charge in [-0.25, -0.2) is 4.68 Å². The lowest BCUT2D eigenvalue weighted by Gasteiger charge is -2.32. The van der Waals surface area contributed by atoms with Crippen molar-refractivity contribution in [3.63, 3.8) is 0 Å². The second-order valence-electron chi connectivity index (χ2n) is 6.32. The summed E-state index contributed by atoms with van der Waals surface area (Å²) >= 11 is 6.20. The van der Waals surface area contributed by atoms with Gasteiger partial charge in [0.25, 0.3) is 11.8 Å². The molecule has 1 fully saturated rings. The van der Waals surface area contributed by atoms with Crippen LogP contribution in [0.5, 0.6) is 5.88 Å². The Morgan fingerprint density at radius 2 is 1.92 bits per heavy atom. The normalized spacial score (nSPS) is 16.3. The standard InChI is InChI=1S/C18H21ClN4O3/c1-12(18(25)22-9-7-13(8-10-22)16(20)24)26-17-15(19)11-23(21-17)14-5-3-2-4-6-14/h2-6,11-13H,7-10H2,1H3,(H2,20,24)/t12-/m1/s1. The van der Waals surface area contributed by atoms with Crippen LogP contribution >= 0.6 is 11.6 Å². The fourth-order valence-electron chi connectivity index (χ4n) is 2.99. The Balaban J connectivity index is 1.63. The summed E-state index contributed by atoms with van der Waals surface area (Å²) in [7, 11) is 0. The Kier molecular flexibility index (Phi) is 5.46. The molecule has 0 spiro atoms. The number of aromatic nitrogens is 2. The van der Waals surface area contributed by atoms with Gasteiger partial charge in [-0.05, 0) is 31.9 Å². The third-order valence-electron chi connectivity index (χ3n) is 4.50. The summed E-state index contributed by atoms with van der Waals surface area (Å²) in [5.41, 5.74) is 6.17. The lowest BCUT2D eigenvalue weighted by atomic mass is 9.96. The molecule has 2 heterocycles. The minimum absolute atomic E-state index is 0.154. The summed E-state index contributed by atoms with van der Waals surface area (Å²) in [6.45, 7) is 2.65. The van der Waals surface area contributed by atoms with Crippen LogP contribution in [0.3, 0.4) is 0 Å². The minimum atomic E-state index is -0.725. The number of nitrogens with zero attached hydrogens (tertiary/aromatic N) is 3. The Morgan fingerprint density at radius 1 is 1.27 bits per heavy atom. The maximum absolute atomic E-state index is 12.6. The highest BCUT2D eigenvalue weighted by molar-refractivity contribution is 6.31. The van der Waals surface area contributed by atoms with Gasteiger partial charge in [0, 0.05) is 19.0 Å². The average Bonchev–Trinajstić information content (AvgIpc) is 3.02. The Morgan fingerprint density at radius 3 is 2.54 bits per heavy atom. The summed E-state index contributed by atoms with van der Waals surface area (Å²) in [5.74, 6) is -0.410. The van der Waals surface area contributed by atoms with E-state index in [-0.39, 0.29) is 23.6 Å². The van der Waals surface area contributed by atoms with Crippen LogP contribution in [0.2, 0.25) is 5.02 Å². The largest absolute Gasteiger partial charge is 0.462 e. The third kappa shape index (κ3) is 3.99. The number of likely N-dealkylation sites (tertiary alicyclic amines) is 1. The molecular formula is C18H21ClN4O3. The van der Waals surface area contributed by atoms with Crippen LogP contribution < -0.4 is 10.5 Å². The molecule has 8 heteroatoms. The molecule has 2 N–H and O–H groups in total. The lowest BCUT2D eigenvalue weighted by Crippen LogP contribution is -2.46. The number of ether oxygens (including phenoxy) is 1. The molecule has 1 aliphatic rings. The Bertz CT molecular complexity index is 785. The molecule has 0 unspecified atom stereocenters. The fraction of sp³-hybridized carbons (Fsp3) is 0.389. The predicted octanol–water partition coefficient (Wildman–Crippen LogP) is 2.02. The molecule has 3 rings (SSSR count). The van der Waals surface area contributed by atoms with E-state index < -0.39 is 6.10 Å². The van der Waals surface area contributed by atoms with Gasteiger partial charge in [-0.1, -0.05) is 29.8 Å². The van der Waals surface area contributed by atoms with Gasteiger partial charge in [0.15, 0.2) is 6.10 Å².